The third-order valence-corrected chi connectivity index (χ3v) is 4.96. The van der Waals surface area contributed by atoms with Crippen LogP contribution in [0, 0.1) is 5.92 Å². The Labute approximate surface area is 148 Å². The molecule has 0 N–H and O–H groups in total. The van der Waals surface area contributed by atoms with Gasteiger partial charge in [0.15, 0.2) is 17.3 Å². The van der Waals surface area contributed by atoms with Gasteiger partial charge in [-0.15, -0.1) is 0 Å². The van der Waals surface area contributed by atoms with Crippen LogP contribution >= 0.6 is 0 Å². The summed E-state index contributed by atoms with van der Waals surface area (Å²) >= 11 is 0. The van der Waals surface area contributed by atoms with Crippen molar-refractivity contribution < 1.29 is 31.0 Å². The maximum atomic E-state index is 5.67. The number of aromatic nitrogens is 2. The molecule has 0 amide bonds. The van der Waals surface area contributed by atoms with Crippen molar-refractivity contribution in [2.75, 3.05) is 13.2 Å². The number of para-hydroxylation sites is 2. The van der Waals surface area contributed by atoms with Gasteiger partial charge in [-0.05, 0) is 37.3 Å². The van der Waals surface area contributed by atoms with Gasteiger partial charge < -0.3 is 26.5 Å². The van der Waals surface area contributed by atoms with Crippen molar-refractivity contribution in [3.63, 3.8) is 0 Å². The van der Waals surface area contributed by atoms with E-state index in [9.17, 15) is 0 Å². The molecular weight excluding hydrogens is 356 g/mol. The van der Waals surface area contributed by atoms with Gasteiger partial charge >= 0.3 is 0 Å². The van der Waals surface area contributed by atoms with Crippen LogP contribution in [0.3, 0.4) is 0 Å². The van der Waals surface area contributed by atoms with Crippen molar-refractivity contribution in [1.82, 2.24) is 4.57 Å². The number of aryl methyl sites for hydroxylation is 1. The van der Waals surface area contributed by atoms with Gasteiger partial charge in [0.2, 0.25) is 6.33 Å². The van der Waals surface area contributed by atoms with Crippen molar-refractivity contribution >= 4 is 11.0 Å². The summed E-state index contributed by atoms with van der Waals surface area (Å²) in [5.41, 5.74) is 2.66. The lowest BCUT2D eigenvalue weighted by Crippen LogP contribution is -3.00. The minimum Gasteiger partial charge on any atom is -1.00 e. The van der Waals surface area contributed by atoms with Crippen LogP contribution in [0.15, 0.2) is 30.6 Å². The third kappa shape index (κ3) is 3.78. The summed E-state index contributed by atoms with van der Waals surface area (Å²) < 4.78 is 16.1. The van der Waals surface area contributed by atoms with E-state index < -0.39 is 0 Å². The lowest BCUT2D eigenvalue weighted by Gasteiger charge is -2.23. The van der Waals surface area contributed by atoms with Gasteiger partial charge in [0.1, 0.15) is 0 Å². The number of imidazole rings is 1. The summed E-state index contributed by atoms with van der Waals surface area (Å²) in [6.45, 7) is 3.77. The molecule has 1 saturated heterocycles. The predicted molar refractivity (Wildman–Crippen MR) is 84.4 cm³/mol. The first-order valence-corrected chi connectivity index (χ1v) is 8.61. The first-order chi connectivity index (χ1) is 10.9. The molecule has 2 aliphatic rings. The zero-order valence-electron chi connectivity index (χ0n) is 13.5. The summed E-state index contributed by atoms with van der Waals surface area (Å²) in [6.07, 6.45) is 8.36. The molecule has 0 atom stereocenters. The average Bonchev–Trinajstić information content (AvgIpc) is 2.88. The van der Waals surface area contributed by atoms with E-state index >= 15 is 0 Å². The normalized spacial score (nSPS) is 19.5. The first-order valence-electron chi connectivity index (χ1n) is 8.61. The van der Waals surface area contributed by atoms with Crippen LogP contribution in [-0.2, 0) is 22.6 Å². The predicted octanol–water partition coefficient (Wildman–Crippen LogP) is -0.114. The van der Waals surface area contributed by atoms with Crippen molar-refractivity contribution in [3.8, 4) is 0 Å². The van der Waals surface area contributed by atoms with Crippen molar-refractivity contribution in [2.45, 2.75) is 51.5 Å². The minimum atomic E-state index is -0.0324. The molecule has 0 bridgehead atoms. The molecule has 2 heterocycles. The van der Waals surface area contributed by atoms with Gasteiger partial charge in [-0.1, -0.05) is 18.6 Å². The fourth-order valence-electron chi connectivity index (χ4n) is 3.47. The summed E-state index contributed by atoms with van der Waals surface area (Å²) in [7, 11) is 0. The minimum absolute atomic E-state index is 0. The van der Waals surface area contributed by atoms with E-state index in [1.54, 1.807) is 0 Å². The molecule has 0 radical (unpaired) electrons. The molecule has 2 aromatic rings. The van der Waals surface area contributed by atoms with Gasteiger partial charge in [0, 0.05) is 6.42 Å². The number of halogens is 1. The average molecular weight is 381 g/mol. The molecule has 1 aliphatic carbocycles. The van der Waals surface area contributed by atoms with Gasteiger partial charge in [-0.3, -0.25) is 0 Å². The molecule has 0 unspecified atom stereocenters. The highest BCUT2D eigenvalue weighted by molar-refractivity contribution is 5.71. The van der Waals surface area contributed by atoms with Gasteiger partial charge in [0.25, 0.3) is 0 Å². The largest absolute Gasteiger partial charge is 1.00 e. The third-order valence-electron chi connectivity index (χ3n) is 4.96. The fourth-order valence-corrected chi connectivity index (χ4v) is 3.47. The summed E-state index contributed by atoms with van der Waals surface area (Å²) in [6, 6.07) is 8.71. The first kappa shape index (κ1) is 16.9. The monoisotopic (exact) mass is 380 g/mol. The molecular formula is C18H25BrN2O2. The van der Waals surface area contributed by atoms with Crippen LogP contribution < -0.4 is 21.5 Å². The van der Waals surface area contributed by atoms with Crippen LogP contribution in [0.1, 0.15) is 32.1 Å². The Kier molecular flexibility index (Phi) is 5.72. The number of hydrogen-bond donors (Lipinski definition) is 0. The highest BCUT2D eigenvalue weighted by Gasteiger charge is 2.24. The van der Waals surface area contributed by atoms with E-state index in [1.165, 1.54) is 30.3 Å². The standard InChI is InChI=1S/C18H25N2O2.BrH/c1-2-8-17-16(7-1)19(10-9-18-21-11-4-12-22-18)14-20(17)13-15-5-3-6-15;/h1-2,7-8,14-15,18H,3-6,9-13H2;1H/q+1;/p-1. The Bertz CT molecular complexity index is 633. The Hall–Kier alpha value is -0.910. The smallest absolute Gasteiger partial charge is 0.244 e. The second-order valence-electron chi connectivity index (χ2n) is 6.56. The molecule has 0 spiro atoms. The Morgan fingerprint density at radius 1 is 1.09 bits per heavy atom. The van der Waals surface area contributed by atoms with E-state index in [4.69, 9.17) is 9.47 Å². The molecule has 5 heteroatoms. The van der Waals surface area contributed by atoms with Crippen molar-refractivity contribution in [3.05, 3.63) is 30.6 Å². The van der Waals surface area contributed by atoms with Crippen LogP contribution in [0.5, 0.6) is 0 Å². The Balaban J connectivity index is 0.00000156. The summed E-state index contributed by atoms with van der Waals surface area (Å²) in [5.74, 6) is 0.870. The zero-order chi connectivity index (χ0) is 14.8. The number of ether oxygens (including phenoxy) is 2. The maximum Gasteiger partial charge on any atom is 0.244 e. The number of benzene rings is 1. The molecule has 1 aromatic heterocycles. The van der Waals surface area contributed by atoms with E-state index in [-0.39, 0.29) is 23.3 Å². The quantitative estimate of drug-likeness (QED) is 0.676. The maximum absolute atomic E-state index is 5.67. The number of fused-ring (bicyclic) bond motifs is 1. The fraction of sp³-hybridized carbons (Fsp3) is 0.611. The van der Waals surface area contributed by atoms with E-state index in [0.717, 1.165) is 45.1 Å². The molecule has 4 rings (SSSR count). The van der Waals surface area contributed by atoms with Crippen LogP contribution in [0.25, 0.3) is 11.0 Å². The molecule has 1 saturated carbocycles. The van der Waals surface area contributed by atoms with Crippen LogP contribution in [0.2, 0.25) is 0 Å². The highest BCUT2D eigenvalue weighted by atomic mass is 79.9. The van der Waals surface area contributed by atoms with Gasteiger partial charge in [0.05, 0.1) is 26.3 Å². The number of rotatable bonds is 5. The second-order valence-corrected chi connectivity index (χ2v) is 6.56. The highest BCUT2D eigenvalue weighted by Crippen LogP contribution is 2.27. The molecule has 1 aromatic carbocycles. The molecule has 23 heavy (non-hydrogen) atoms. The Morgan fingerprint density at radius 2 is 1.87 bits per heavy atom. The molecule has 1 aliphatic heterocycles. The topological polar surface area (TPSA) is 27.3 Å². The van der Waals surface area contributed by atoms with Crippen molar-refractivity contribution in [2.24, 2.45) is 5.92 Å². The zero-order valence-corrected chi connectivity index (χ0v) is 15.1. The van der Waals surface area contributed by atoms with E-state index in [1.807, 2.05) is 0 Å². The lowest BCUT2D eigenvalue weighted by atomic mass is 9.85. The Morgan fingerprint density at radius 3 is 2.61 bits per heavy atom. The van der Waals surface area contributed by atoms with Crippen molar-refractivity contribution in [1.29, 1.82) is 0 Å². The van der Waals surface area contributed by atoms with Crippen LogP contribution in [-0.4, -0.2) is 24.1 Å². The lowest BCUT2D eigenvalue weighted by molar-refractivity contribution is -0.680. The van der Waals surface area contributed by atoms with E-state index in [0.29, 0.717) is 0 Å². The van der Waals surface area contributed by atoms with Gasteiger partial charge in [-0.2, -0.15) is 0 Å². The van der Waals surface area contributed by atoms with Gasteiger partial charge in [-0.25, -0.2) is 9.13 Å². The van der Waals surface area contributed by atoms with E-state index in [2.05, 4.69) is 39.7 Å². The molecule has 2 fully saturated rings. The van der Waals surface area contributed by atoms with Crippen LogP contribution in [0.4, 0.5) is 0 Å². The SMILES string of the molecule is [Br-].c1ccc2c(c1)n(CCC1OCCCO1)c[n+]2CC1CCC1. The summed E-state index contributed by atoms with van der Waals surface area (Å²) in [5, 5.41) is 0. The number of hydrogen-bond acceptors (Lipinski definition) is 2. The number of nitrogens with zero attached hydrogens (tertiary/aromatic N) is 2. The molecule has 4 nitrogen and oxygen atoms in total. The summed E-state index contributed by atoms with van der Waals surface area (Å²) in [4.78, 5) is 0. The molecule has 126 valence electrons. The second kappa shape index (κ2) is 7.77.